The molecule has 1 radical (unpaired) electrons. The van der Waals surface area contributed by atoms with Crippen molar-refractivity contribution in [2.45, 2.75) is 112 Å². The molecule has 0 aliphatic carbocycles. The minimum atomic E-state index is -1.75. The molecule has 30 heteroatoms. The average molecular weight is 966 g/mol. The Kier molecular flexibility index (Phi) is 27.6. The molecule has 2 aromatic heterocycles. The summed E-state index contributed by atoms with van der Waals surface area (Å²) >= 11 is 0. The minimum absolute atomic E-state index is 0. The van der Waals surface area contributed by atoms with Crippen LogP contribution in [0.2, 0.25) is 0 Å². The zero-order valence-corrected chi connectivity index (χ0v) is 36.8. The molecule has 0 unspecified atom stereocenters. The second-order valence-electron chi connectivity index (χ2n) is 12.7. The van der Waals surface area contributed by atoms with E-state index in [2.05, 4.69) is 20.4 Å². The Labute approximate surface area is 372 Å². The summed E-state index contributed by atoms with van der Waals surface area (Å²) in [6, 6.07) is 5.25. The summed E-state index contributed by atoms with van der Waals surface area (Å²) in [7, 11) is 3.47. The maximum Gasteiger partial charge on any atom is 0.543 e. The van der Waals surface area contributed by atoms with Crippen molar-refractivity contribution in [3.05, 3.63) is 89.5 Å². The van der Waals surface area contributed by atoms with Crippen LogP contribution in [0.15, 0.2) is 0 Å². The molecule has 29 nitrogen and oxygen atoms in total. The Morgan fingerprint density at radius 2 is 0.707 bits per heavy atom. The third-order valence-corrected chi connectivity index (χ3v) is 8.38. The first-order chi connectivity index (χ1) is 25.7. The third kappa shape index (κ3) is 16.3. The molecule has 0 amide bonds. The van der Waals surface area contributed by atoms with Crippen molar-refractivity contribution in [3.8, 4) is 18.2 Å². The summed E-state index contributed by atoms with van der Waals surface area (Å²) in [5.74, 6) is 1.96. The van der Waals surface area contributed by atoms with Gasteiger partial charge in [-0.25, -0.2) is 0 Å². The van der Waals surface area contributed by atoms with Gasteiger partial charge in [-0.2, -0.15) is 15.8 Å². The van der Waals surface area contributed by atoms with E-state index in [0.717, 1.165) is 19.0 Å². The van der Waals surface area contributed by atoms with Crippen molar-refractivity contribution >= 4 is 11.7 Å². The van der Waals surface area contributed by atoms with Crippen molar-refractivity contribution < 1.29 is 83.6 Å². The molecule has 0 aromatic carbocycles. The van der Waals surface area contributed by atoms with Gasteiger partial charge in [0, 0.05) is 149 Å². The molecule has 0 N–H and O–H groups in total. The molecule has 58 heavy (non-hydrogen) atoms. The molecular weight excluding hydrogens is 920 g/mol. The Morgan fingerprint density at radius 1 is 0.534 bits per heavy atom. The summed E-state index contributed by atoms with van der Waals surface area (Å²) in [4.78, 5) is 49.5. The maximum atomic E-state index is 12.4. The van der Waals surface area contributed by atoms with Crippen LogP contribution in [-0.4, -0.2) is 97.6 Å². The second kappa shape index (κ2) is 26.1. The first-order valence-electron chi connectivity index (χ1n) is 15.4. The number of rotatable bonds is 2. The van der Waals surface area contributed by atoms with Crippen LogP contribution in [0.3, 0.4) is 0 Å². The van der Waals surface area contributed by atoms with Gasteiger partial charge in [-0.15, -0.1) is 29.9 Å². The van der Waals surface area contributed by atoms with Gasteiger partial charge in [0.15, 0.2) is 0 Å². The van der Waals surface area contributed by atoms with Gasteiger partial charge >= 0.3 is 23.3 Å². The standard InChI is InChI=1S/2C11H18N5O2.3C2H3N.Eu.3NO3/c2*1-7-12-13-8(14(7)6)9-15(17)10(2,3)11(4,5)16(9)18;3*1-2-3;;3*2-1(3)4/h2*1-6H3;3*1H3;;;;/q2*+1;;;;;3*-1. The number of aryl methyl sites for hydroxylation is 2. The first kappa shape index (κ1) is 61.3. The number of aromatic nitrogens is 6. The van der Waals surface area contributed by atoms with Gasteiger partial charge in [-0.1, -0.05) is 0 Å². The Hall–Kier alpha value is -5.93. The number of hydroxylamine groups is 2. The number of amidine groups is 2. The fraction of sp³-hybridized carbons (Fsp3) is 0.679. The molecular formula is C28H45EuN16O13-. The fourth-order valence-corrected chi connectivity index (χ4v) is 3.79. The molecule has 4 rings (SSSR count). The predicted molar refractivity (Wildman–Crippen MR) is 195 cm³/mol. The molecule has 0 saturated heterocycles. The van der Waals surface area contributed by atoms with Crippen LogP contribution < -0.4 is 0 Å². The van der Waals surface area contributed by atoms with Crippen LogP contribution >= 0.6 is 0 Å². The number of nitroso groups, excluding NO2 is 2. The summed E-state index contributed by atoms with van der Waals surface area (Å²) in [6.07, 6.45) is 0. The topological polar surface area (TPSA) is 424 Å². The number of nitriles is 3. The van der Waals surface area contributed by atoms with Crippen molar-refractivity contribution in [1.29, 1.82) is 15.8 Å². The summed E-state index contributed by atoms with van der Waals surface area (Å²) in [5, 5.41) is 107. The SMILES string of the molecule is CC#N.CC#N.CC#N.Cc1nnc(C2=[N+]([O-])C(C)(C)C(C)(C)[N+]2=O)n1C.Cc1nnc(C2=[N+]([O-])C(C)(C)C(C)(C)[N+]2=O)n1C.O=[N+]([O-])[O-].O=[N+]([O-])[O-].O=[N+]([O-])[O-].[Eu]. The quantitative estimate of drug-likeness (QED) is 0.180. The average Bonchev–Trinajstić information content (AvgIpc) is 3.62. The number of hydrogen-bond acceptors (Lipinski definition) is 20. The summed E-state index contributed by atoms with van der Waals surface area (Å²) in [6.45, 7) is 21.8. The van der Waals surface area contributed by atoms with Crippen LogP contribution in [0.5, 0.6) is 0 Å². The maximum absolute atomic E-state index is 12.4. The van der Waals surface area contributed by atoms with Crippen molar-refractivity contribution in [3.63, 3.8) is 0 Å². The van der Waals surface area contributed by atoms with Crippen LogP contribution in [0.25, 0.3) is 0 Å². The third-order valence-electron chi connectivity index (χ3n) is 8.38. The van der Waals surface area contributed by atoms with E-state index in [-0.39, 0.29) is 61.0 Å². The molecule has 2 aromatic rings. The summed E-state index contributed by atoms with van der Waals surface area (Å²) in [5.41, 5.74) is -3.32. The predicted octanol–water partition coefficient (Wildman–Crippen LogP) is 2.33. The minimum Gasteiger partial charge on any atom is -0.618 e. The largest absolute Gasteiger partial charge is 0.618 e. The van der Waals surface area contributed by atoms with Crippen LogP contribution in [-0.2, 0) is 14.1 Å². The van der Waals surface area contributed by atoms with Gasteiger partial charge in [0.1, 0.15) is 21.2 Å². The van der Waals surface area contributed by atoms with E-state index < -0.39 is 37.4 Å². The molecule has 0 bridgehead atoms. The fourth-order valence-electron chi connectivity index (χ4n) is 3.79. The van der Waals surface area contributed by atoms with E-state index in [4.69, 9.17) is 61.8 Å². The molecule has 0 atom stereocenters. The Morgan fingerprint density at radius 3 is 0.810 bits per heavy atom. The van der Waals surface area contributed by atoms with Crippen molar-refractivity contribution in [1.82, 2.24) is 29.5 Å². The van der Waals surface area contributed by atoms with Crippen LogP contribution in [0, 0.1) is 163 Å². The zero-order chi connectivity index (χ0) is 46.6. The van der Waals surface area contributed by atoms with Crippen molar-refractivity contribution in [2.75, 3.05) is 0 Å². The zero-order valence-electron chi connectivity index (χ0n) is 34.3. The van der Waals surface area contributed by atoms with Gasteiger partial charge in [0.25, 0.3) is 11.1 Å². The number of nitrogens with zero attached hydrogens (tertiary/aromatic N) is 16. The Balaban J connectivity index is -0.000000217. The van der Waals surface area contributed by atoms with Crippen LogP contribution in [0.1, 0.15) is 99.5 Å². The van der Waals surface area contributed by atoms with Gasteiger partial charge in [0.05, 0.1) is 33.5 Å². The molecule has 0 saturated carbocycles. The molecule has 0 spiro atoms. The van der Waals surface area contributed by atoms with E-state index in [0.29, 0.717) is 23.3 Å². The van der Waals surface area contributed by atoms with Gasteiger partial charge in [-0.05, 0) is 13.8 Å². The van der Waals surface area contributed by atoms with Gasteiger partial charge in [0.2, 0.25) is 11.1 Å². The van der Waals surface area contributed by atoms with E-state index in [1.807, 2.05) is 0 Å². The van der Waals surface area contributed by atoms with Crippen molar-refractivity contribution in [2.24, 2.45) is 14.1 Å². The summed E-state index contributed by atoms with van der Waals surface area (Å²) < 4.78 is 6.24. The monoisotopic (exact) mass is 966 g/mol. The molecule has 0 fully saturated rings. The smallest absolute Gasteiger partial charge is 0.543 e. The molecule has 2 aliphatic heterocycles. The van der Waals surface area contributed by atoms with E-state index in [1.165, 1.54) is 20.8 Å². The van der Waals surface area contributed by atoms with Gasteiger partial charge < -0.3 is 65.5 Å². The first-order valence-corrected chi connectivity index (χ1v) is 15.4. The Bertz CT molecular complexity index is 1780. The van der Waals surface area contributed by atoms with Crippen LogP contribution in [0.4, 0.5) is 0 Å². The van der Waals surface area contributed by atoms with E-state index in [1.54, 1.807) is 111 Å². The molecule has 2 aliphatic rings. The molecule has 323 valence electrons. The van der Waals surface area contributed by atoms with Gasteiger partial charge in [-0.3, -0.25) is 0 Å². The molecule has 4 heterocycles. The van der Waals surface area contributed by atoms with E-state index >= 15 is 0 Å². The van der Waals surface area contributed by atoms with E-state index in [9.17, 15) is 20.2 Å². The normalized spacial score (nSPS) is 15.2. The second-order valence-corrected chi connectivity index (χ2v) is 12.7. The number of hydrogen-bond donors (Lipinski definition) is 0.